The average Bonchev–Trinajstić information content (AvgIpc) is 3.04. The first-order chi connectivity index (χ1) is 11.1. The molecule has 0 radical (unpaired) electrons. The number of hydrogen-bond donors (Lipinski definition) is 1. The number of benzene rings is 1. The molecule has 1 saturated heterocycles. The van der Waals surface area contributed by atoms with Crippen molar-refractivity contribution in [2.45, 2.75) is 25.3 Å². The number of likely N-dealkylation sites (tertiary alicyclic amines) is 1. The third-order valence-electron chi connectivity index (χ3n) is 4.04. The lowest BCUT2D eigenvalue weighted by atomic mass is 10.0. The van der Waals surface area contributed by atoms with Gasteiger partial charge in [-0.2, -0.15) is 0 Å². The molecule has 1 atom stereocenters. The van der Waals surface area contributed by atoms with Crippen molar-refractivity contribution in [2.75, 3.05) is 6.54 Å². The van der Waals surface area contributed by atoms with Gasteiger partial charge in [-0.15, -0.1) is 11.3 Å². The van der Waals surface area contributed by atoms with E-state index in [1.54, 1.807) is 23.1 Å². The molecule has 3 rings (SSSR count). The largest absolute Gasteiger partial charge is 0.368 e. The quantitative estimate of drug-likeness (QED) is 0.939. The standard InChI is InChI=1S/C17H17FN2O2S/c18-12-6-4-11(5-7-12)14-8-9-15(23-14)17(22)20-10-2-1-3-13(20)16(19)21/h4-9,13H,1-3,10H2,(H2,19,21)/t13-/m1/s1. The number of amides is 2. The van der Waals surface area contributed by atoms with Gasteiger partial charge in [-0.1, -0.05) is 12.1 Å². The maximum Gasteiger partial charge on any atom is 0.264 e. The fraction of sp³-hybridized carbons (Fsp3) is 0.294. The van der Waals surface area contributed by atoms with E-state index in [1.807, 2.05) is 6.07 Å². The molecule has 1 aromatic carbocycles. The number of thiophene rings is 1. The van der Waals surface area contributed by atoms with Crippen molar-refractivity contribution in [3.63, 3.8) is 0 Å². The Kier molecular flexibility index (Phi) is 4.43. The van der Waals surface area contributed by atoms with E-state index >= 15 is 0 Å². The lowest BCUT2D eigenvalue weighted by Crippen LogP contribution is -2.50. The van der Waals surface area contributed by atoms with E-state index in [0.717, 1.165) is 23.3 Å². The van der Waals surface area contributed by atoms with Gasteiger partial charge in [-0.25, -0.2) is 4.39 Å². The van der Waals surface area contributed by atoms with Crippen LogP contribution in [0.25, 0.3) is 10.4 Å². The highest BCUT2D eigenvalue weighted by atomic mass is 32.1. The molecule has 0 bridgehead atoms. The third kappa shape index (κ3) is 3.27. The summed E-state index contributed by atoms with van der Waals surface area (Å²) in [6, 6.07) is 9.22. The Bertz CT molecular complexity index is 726. The van der Waals surface area contributed by atoms with Crippen LogP contribution in [0.1, 0.15) is 28.9 Å². The Morgan fingerprint density at radius 2 is 1.87 bits per heavy atom. The maximum absolute atomic E-state index is 13.0. The number of primary amides is 1. The average molecular weight is 332 g/mol. The van der Waals surface area contributed by atoms with Gasteiger partial charge >= 0.3 is 0 Å². The van der Waals surface area contributed by atoms with Crippen molar-refractivity contribution in [2.24, 2.45) is 5.73 Å². The van der Waals surface area contributed by atoms with Crippen LogP contribution in [0.15, 0.2) is 36.4 Å². The highest BCUT2D eigenvalue weighted by Crippen LogP contribution is 2.30. The van der Waals surface area contributed by atoms with E-state index in [0.29, 0.717) is 17.8 Å². The molecule has 2 aromatic rings. The van der Waals surface area contributed by atoms with E-state index in [4.69, 9.17) is 5.73 Å². The summed E-state index contributed by atoms with van der Waals surface area (Å²) in [6.07, 6.45) is 2.41. The van der Waals surface area contributed by atoms with Gasteiger partial charge in [-0.3, -0.25) is 9.59 Å². The van der Waals surface area contributed by atoms with Gasteiger partial charge in [0.25, 0.3) is 5.91 Å². The summed E-state index contributed by atoms with van der Waals surface area (Å²) in [4.78, 5) is 27.3. The van der Waals surface area contributed by atoms with Crippen molar-refractivity contribution in [1.29, 1.82) is 0 Å². The van der Waals surface area contributed by atoms with Gasteiger partial charge in [0.15, 0.2) is 0 Å². The van der Waals surface area contributed by atoms with E-state index < -0.39 is 11.9 Å². The molecule has 120 valence electrons. The number of carbonyl (C=O) groups is 2. The number of nitrogens with two attached hydrogens (primary N) is 1. The fourth-order valence-corrected chi connectivity index (χ4v) is 3.80. The predicted molar refractivity (Wildman–Crippen MR) is 87.6 cm³/mol. The maximum atomic E-state index is 13.0. The van der Waals surface area contributed by atoms with Gasteiger partial charge in [0.1, 0.15) is 11.9 Å². The minimum atomic E-state index is -0.521. The molecule has 1 fully saturated rings. The number of hydrogen-bond acceptors (Lipinski definition) is 3. The van der Waals surface area contributed by atoms with Crippen LogP contribution >= 0.6 is 11.3 Å². The lowest BCUT2D eigenvalue weighted by molar-refractivity contribution is -0.123. The van der Waals surface area contributed by atoms with Crippen molar-refractivity contribution < 1.29 is 14.0 Å². The molecule has 2 N–H and O–H groups in total. The van der Waals surface area contributed by atoms with Crippen LogP contribution in [-0.4, -0.2) is 29.3 Å². The zero-order valence-electron chi connectivity index (χ0n) is 12.5. The second-order valence-electron chi connectivity index (χ2n) is 5.58. The Balaban J connectivity index is 1.83. The van der Waals surface area contributed by atoms with E-state index in [2.05, 4.69) is 0 Å². The molecular formula is C17H17FN2O2S. The zero-order valence-corrected chi connectivity index (χ0v) is 13.3. The minimum Gasteiger partial charge on any atom is -0.368 e. The SMILES string of the molecule is NC(=O)[C@H]1CCCCN1C(=O)c1ccc(-c2ccc(F)cc2)s1. The summed E-state index contributed by atoms with van der Waals surface area (Å²) in [5, 5.41) is 0. The van der Waals surface area contributed by atoms with Crippen LogP contribution in [0.2, 0.25) is 0 Å². The van der Waals surface area contributed by atoms with Gasteiger partial charge in [0.2, 0.25) is 5.91 Å². The summed E-state index contributed by atoms with van der Waals surface area (Å²) in [5.74, 6) is -0.903. The molecule has 0 spiro atoms. The number of piperidine rings is 1. The Morgan fingerprint density at radius 1 is 1.13 bits per heavy atom. The predicted octanol–water partition coefficient (Wildman–Crippen LogP) is 3.03. The monoisotopic (exact) mass is 332 g/mol. The Hall–Kier alpha value is -2.21. The number of carbonyl (C=O) groups excluding carboxylic acids is 2. The molecule has 0 unspecified atom stereocenters. The minimum absolute atomic E-state index is 0.160. The molecule has 4 nitrogen and oxygen atoms in total. The van der Waals surface area contributed by atoms with Crippen LogP contribution in [0, 0.1) is 5.82 Å². The van der Waals surface area contributed by atoms with Crippen molar-refractivity contribution in [1.82, 2.24) is 4.90 Å². The first-order valence-electron chi connectivity index (χ1n) is 7.52. The summed E-state index contributed by atoms with van der Waals surface area (Å²) < 4.78 is 13.0. The van der Waals surface area contributed by atoms with Gasteiger partial charge in [0.05, 0.1) is 4.88 Å². The second kappa shape index (κ2) is 6.50. The number of halogens is 1. The van der Waals surface area contributed by atoms with Gasteiger partial charge in [0, 0.05) is 11.4 Å². The first kappa shape index (κ1) is 15.7. The van der Waals surface area contributed by atoms with Crippen LogP contribution < -0.4 is 5.73 Å². The van der Waals surface area contributed by atoms with E-state index in [-0.39, 0.29) is 11.7 Å². The van der Waals surface area contributed by atoms with E-state index in [1.165, 1.54) is 23.5 Å². The van der Waals surface area contributed by atoms with Gasteiger partial charge < -0.3 is 10.6 Å². The smallest absolute Gasteiger partial charge is 0.264 e. The molecule has 1 aliphatic rings. The van der Waals surface area contributed by atoms with Crippen molar-refractivity contribution >= 4 is 23.2 Å². The molecule has 6 heteroatoms. The van der Waals surface area contributed by atoms with Crippen LogP contribution in [0.3, 0.4) is 0 Å². The van der Waals surface area contributed by atoms with Crippen LogP contribution in [-0.2, 0) is 4.79 Å². The van der Waals surface area contributed by atoms with Crippen LogP contribution in [0.4, 0.5) is 4.39 Å². The fourth-order valence-electron chi connectivity index (χ4n) is 2.83. The highest BCUT2D eigenvalue weighted by molar-refractivity contribution is 7.17. The number of nitrogens with zero attached hydrogens (tertiary/aromatic N) is 1. The molecule has 2 amide bonds. The molecule has 0 saturated carbocycles. The summed E-state index contributed by atoms with van der Waals surface area (Å²) in [5.41, 5.74) is 6.28. The molecule has 23 heavy (non-hydrogen) atoms. The number of rotatable bonds is 3. The van der Waals surface area contributed by atoms with Crippen molar-refractivity contribution in [3.05, 3.63) is 47.1 Å². The van der Waals surface area contributed by atoms with Crippen LogP contribution in [0.5, 0.6) is 0 Å². The lowest BCUT2D eigenvalue weighted by Gasteiger charge is -2.33. The molecular weight excluding hydrogens is 315 g/mol. The normalized spacial score (nSPS) is 18.0. The third-order valence-corrected chi connectivity index (χ3v) is 5.16. The first-order valence-corrected chi connectivity index (χ1v) is 8.34. The Morgan fingerprint density at radius 3 is 2.57 bits per heavy atom. The zero-order chi connectivity index (χ0) is 16.4. The molecule has 2 heterocycles. The topological polar surface area (TPSA) is 63.4 Å². The summed E-state index contributed by atoms with van der Waals surface area (Å²) >= 11 is 1.34. The summed E-state index contributed by atoms with van der Waals surface area (Å²) in [6.45, 7) is 0.552. The Labute approximate surface area is 137 Å². The molecule has 0 aliphatic carbocycles. The van der Waals surface area contributed by atoms with Gasteiger partial charge in [-0.05, 0) is 49.1 Å². The molecule has 1 aliphatic heterocycles. The highest BCUT2D eigenvalue weighted by Gasteiger charge is 2.31. The summed E-state index contributed by atoms with van der Waals surface area (Å²) in [7, 11) is 0. The van der Waals surface area contributed by atoms with Crippen molar-refractivity contribution in [3.8, 4) is 10.4 Å². The molecule has 1 aromatic heterocycles. The second-order valence-corrected chi connectivity index (χ2v) is 6.67. The van der Waals surface area contributed by atoms with E-state index in [9.17, 15) is 14.0 Å².